The molecule has 132 valence electrons. The molecule has 1 aliphatic rings. The number of carbonyl (C=O) groups excluding carboxylic acids is 3. The molecule has 1 aliphatic heterocycles. The number of hydrogen-bond acceptors (Lipinski definition) is 5. The molecule has 0 saturated carbocycles. The summed E-state index contributed by atoms with van der Waals surface area (Å²) in [5.41, 5.74) is 1.47. The predicted octanol–water partition coefficient (Wildman–Crippen LogP) is 2.07. The van der Waals surface area contributed by atoms with Crippen molar-refractivity contribution in [3.05, 3.63) is 69.3 Å². The summed E-state index contributed by atoms with van der Waals surface area (Å²) in [6.07, 6.45) is 0.0467. The van der Waals surface area contributed by atoms with E-state index in [2.05, 4.69) is 5.32 Å². The van der Waals surface area contributed by atoms with E-state index >= 15 is 0 Å². The first-order valence-corrected chi connectivity index (χ1v) is 7.85. The Labute approximate surface area is 148 Å². The van der Waals surface area contributed by atoms with Crippen LogP contribution in [0.4, 0.5) is 11.4 Å². The zero-order valence-corrected chi connectivity index (χ0v) is 13.9. The summed E-state index contributed by atoms with van der Waals surface area (Å²) >= 11 is 0. The fourth-order valence-electron chi connectivity index (χ4n) is 2.85. The summed E-state index contributed by atoms with van der Waals surface area (Å²) in [4.78, 5) is 48.3. The molecule has 0 radical (unpaired) electrons. The first-order chi connectivity index (χ1) is 12.4. The van der Waals surface area contributed by atoms with Crippen LogP contribution in [0.25, 0.3) is 0 Å². The molecule has 0 bridgehead atoms. The topological polar surface area (TPSA) is 110 Å². The number of nitrogens with one attached hydrogen (secondary N) is 1. The minimum atomic E-state index is -0.602. The second-order valence-corrected chi connectivity index (χ2v) is 5.87. The van der Waals surface area contributed by atoms with Gasteiger partial charge in [-0.25, -0.2) is 0 Å². The number of amides is 3. The summed E-state index contributed by atoms with van der Waals surface area (Å²) in [6, 6.07) is 11.1. The smallest absolute Gasteiger partial charge is 0.274 e. The van der Waals surface area contributed by atoms with Gasteiger partial charge in [0.05, 0.1) is 22.6 Å². The van der Waals surface area contributed by atoms with E-state index in [1.54, 1.807) is 24.3 Å². The molecule has 0 spiro atoms. The van der Waals surface area contributed by atoms with Gasteiger partial charge in [-0.05, 0) is 24.6 Å². The van der Waals surface area contributed by atoms with E-state index < -0.39 is 29.2 Å². The van der Waals surface area contributed by atoms with E-state index in [1.165, 1.54) is 25.1 Å². The Morgan fingerprint density at radius 3 is 2.65 bits per heavy atom. The summed E-state index contributed by atoms with van der Waals surface area (Å²) < 4.78 is 0. The molecule has 26 heavy (non-hydrogen) atoms. The van der Waals surface area contributed by atoms with Crippen molar-refractivity contribution in [2.75, 3.05) is 11.9 Å². The maximum absolute atomic E-state index is 12.5. The molecule has 1 N–H and O–H groups in total. The molecule has 8 heteroatoms. The summed E-state index contributed by atoms with van der Waals surface area (Å²) in [5, 5.41) is 13.5. The van der Waals surface area contributed by atoms with Crippen LogP contribution in [0.15, 0.2) is 42.5 Å². The predicted molar refractivity (Wildman–Crippen MR) is 92.7 cm³/mol. The highest BCUT2D eigenvalue weighted by Crippen LogP contribution is 2.25. The zero-order valence-electron chi connectivity index (χ0n) is 13.9. The van der Waals surface area contributed by atoms with E-state index in [4.69, 9.17) is 0 Å². The average molecular weight is 353 g/mol. The van der Waals surface area contributed by atoms with Gasteiger partial charge in [0.1, 0.15) is 6.54 Å². The van der Waals surface area contributed by atoms with Crippen LogP contribution in [-0.2, 0) is 16.0 Å². The number of fused-ring (bicyclic) bond motifs is 1. The first kappa shape index (κ1) is 17.3. The second kappa shape index (κ2) is 6.75. The van der Waals surface area contributed by atoms with E-state index in [9.17, 15) is 24.5 Å². The first-order valence-electron chi connectivity index (χ1n) is 7.85. The molecule has 0 atom stereocenters. The number of nitro groups is 1. The van der Waals surface area contributed by atoms with Crippen molar-refractivity contribution in [2.45, 2.75) is 13.3 Å². The molecule has 0 unspecified atom stereocenters. The van der Waals surface area contributed by atoms with E-state index in [1.807, 2.05) is 0 Å². The van der Waals surface area contributed by atoms with Crippen LogP contribution in [0.1, 0.15) is 21.5 Å². The molecule has 8 nitrogen and oxygen atoms in total. The van der Waals surface area contributed by atoms with Crippen LogP contribution in [0, 0.1) is 17.0 Å². The largest absolute Gasteiger partial charge is 0.324 e. The molecule has 3 rings (SSSR count). The van der Waals surface area contributed by atoms with Crippen molar-refractivity contribution < 1.29 is 19.3 Å². The van der Waals surface area contributed by atoms with E-state index in [0.29, 0.717) is 16.7 Å². The minimum absolute atomic E-state index is 0.0467. The van der Waals surface area contributed by atoms with Gasteiger partial charge in [-0.3, -0.25) is 29.4 Å². The van der Waals surface area contributed by atoms with Crippen LogP contribution >= 0.6 is 0 Å². The van der Waals surface area contributed by atoms with Gasteiger partial charge in [-0.2, -0.15) is 0 Å². The maximum atomic E-state index is 12.5. The number of hydrogen-bond donors (Lipinski definition) is 1. The third kappa shape index (κ3) is 3.16. The van der Waals surface area contributed by atoms with Gasteiger partial charge in [0, 0.05) is 11.6 Å². The quantitative estimate of drug-likeness (QED) is 0.514. The van der Waals surface area contributed by atoms with Gasteiger partial charge >= 0.3 is 0 Å². The third-order valence-corrected chi connectivity index (χ3v) is 4.21. The Bertz CT molecular complexity index is 938. The lowest BCUT2D eigenvalue weighted by Gasteiger charge is -2.26. The highest BCUT2D eigenvalue weighted by atomic mass is 16.6. The monoisotopic (exact) mass is 353 g/mol. The van der Waals surface area contributed by atoms with Gasteiger partial charge in [0.25, 0.3) is 11.6 Å². The average Bonchev–Trinajstić information content (AvgIpc) is 2.60. The van der Waals surface area contributed by atoms with Crippen LogP contribution in [0.5, 0.6) is 0 Å². The van der Waals surface area contributed by atoms with Gasteiger partial charge < -0.3 is 5.32 Å². The minimum Gasteiger partial charge on any atom is -0.324 e. The number of anilines is 1. The van der Waals surface area contributed by atoms with Crippen LogP contribution in [0.3, 0.4) is 0 Å². The summed E-state index contributed by atoms with van der Waals surface area (Å²) in [7, 11) is 0. The number of rotatable bonds is 4. The SMILES string of the molecule is Cc1c(NC(=O)CN2C(=O)Cc3ccccc3C2=O)cccc1[N+](=O)[O-]. The highest BCUT2D eigenvalue weighted by molar-refractivity contribution is 6.12. The standard InChI is InChI=1S/C18H15N3O5/c1-11-14(7-4-8-15(11)21(25)26)19-16(22)10-20-17(23)9-12-5-2-3-6-13(12)18(20)24/h2-8H,9-10H2,1H3,(H,19,22). The third-order valence-electron chi connectivity index (χ3n) is 4.21. The Morgan fingerprint density at radius 1 is 1.19 bits per heavy atom. The van der Waals surface area contributed by atoms with Crippen molar-refractivity contribution in [2.24, 2.45) is 0 Å². The molecule has 2 aromatic rings. The highest BCUT2D eigenvalue weighted by Gasteiger charge is 2.32. The Hall–Kier alpha value is -3.55. The number of benzene rings is 2. The molecular weight excluding hydrogens is 338 g/mol. The number of nitro benzene ring substituents is 1. The molecule has 2 aromatic carbocycles. The van der Waals surface area contributed by atoms with Crippen LogP contribution in [-0.4, -0.2) is 34.1 Å². The van der Waals surface area contributed by atoms with Gasteiger partial charge in [0.15, 0.2) is 0 Å². The normalized spacial score (nSPS) is 13.3. The number of imide groups is 1. The van der Waals surface area contributed by atoms with Crippen molar-refractivity contribution in [3.63, 3.8) is 0 Å². The zero-order chi connectivity index (χ0) is 18.8. The Morgan fingerprint density at radius 2 is 1.92 bits per heavy atom. The molecule has 0 aliphatic carbocycles. The van der Waals surface area contributed by atoms with E-state index in [0.717, 1.165) is 4.90 Å². The molecule has 1 heterocycles. The van der Waals surface area contributed by atoms with Crippen molar-refractivity contribution in [1.29, 1.82) is 0 Å². The van der Waals surface area contributed by atoms with E-state index in [-0.39, 0.29) is 17.8 Å². The Kier molecular flexibility index (Phi) is 4.49. The molecule has 3 amide bonds. The van der Waals surface area contributed by atoms with Gasteiger partial charge in [-0.15, -0.1) is 0 Å². The molecule has 0 aromatic heterocycles. The van der Waals surface area contributed by atoms with Gasteiger partial charge in [0.2, 0.25) is 11.8 Å². The molecule has 0 fully saturated rings. The fourth-order valence-corrected chi connectivity index (χ4v) is 2.85. The molecule has 0 saturated heterocycles. The van der Waals surface area contributed by atoms with Crippen LogP contribution < -0.4 is 5.32 Å². The summed E-state index contributed by atoms with van der Waals surface area (Å²) in [6.45, 7) is 1.06. The Balaban J connectivity index is 1.77. The lowest BCUT2D eigenvalue weighted by molar-refractivity contribution is -0.385. The number of carbonyl (C=O) groups is 3. The maximum Gasteiger partial charge on any atom is 0.274 e. The fraction of sp³-hybridized carbons (Fsp3) is 0.167. The number of nitrogens with zero attached hydrogens (tertiary/aromatic N) is 2. The lowest BCUT2D eigenvalue weighted by Crippen LogP contribution is -2.46. The second-order valence-electron chi connectivity index (χ2n) is 5.87. The van der Waals surface area contributed by atoms with Crippen molar-refractivity contribution in [1.82, 2.24) is 4.90 Å². The van der Waals surface area contributed by atoms with Crippen molar-refractivity contribution >= 4 is 29.1 Å². The lowest BCUT2D eigenvalue weighted by atomic mass is 9.98. The van der Waals surface area contributed by atoms with Crippen LogP contribution in [0.2, 0.25) is 0 Å². The van der Waals surface area contributed by atoms with Gasteiger partial charge in [-0.1, -0.05) is 24.3 Å². The van der Waals surface area contributed by atoms with Crippen molar-refractivity contribution in [3.8, 4) is 0 Å². The molecular formula is C18H15N3O5. The summed E-state index contributed by atoms with van der Waals surface area (Å²) in [5.74, 6) is -1.59.